The molecule has 0 amide bonds. The fraction of sp³-hybridized carbons (Fsp3) is 0.364. The number of morpholine rings is 1. The first-order chi connectivity index (χ1) is 8.59. The molecule has 1 aromatic rings. The van der Waals surface area contributed by atoms with Gasteiger partial charge in [0.1, 0.15) is 5.69 Å². The van der Waals surface area contributed by atoms with Crippen molar-refractivity contribution in [2.45, 2.75) is 0 Å². The minimum Gasteiger partial charge on any atom is -0.378 e. The number of anilines is 1. The number of hydrogen-bond acceptors (Lipinski definition) is 5. The van der Waals surface area contributed by atoms with Crippen LogP contribution in [-0.4, -0.2) is 36.5 Å². The maximum Gasteiger partial charge on any atom is 0.293 e. The van der Waals surface area contributed by atoms with Gasteiger partial charge in [-0.1, -0.05) is 0 Å². The minimum atomic E-state index is -0.702. The Balaban J connectivity index is 2.39. The van der Waals surface area contributed by atoms with E-state index in [1.807, 2.05) is 4.90 Å². The van der Waals surface area contributed by atoms with Gasteiger partial charge in [-0.15, -0.1) is 0 Å². The second-order valence-corrected chi connectivity index (χ2v) is 4.18. The number of rotatable bonds is 3. The maximum absolute atomic E-state index is 11.0. The largest absolute Gasteiger partial charge is 0.378 e. The zero-order valence-electron chi connectivity index (χ0n) is 9.47. The topological polar surface area (TPSA) is 72.7 Å². The molecule has 0 bridgehead atoms. The van der Waals surface area contributed by atoms with Crippen LogP contribution in [0.1, 0.15) is 10.4 Å². The molecule has 1 saturated heterocycles. The number of hydrogen-bond donors (Lipinski definition) is 0. The Bertz CT molecular complexity index is 486. The molecule has 0 aliphatic carbocycles. The predicted octanol–water partition coefficient (Wildman–Crippen LogP) is 1.81. The van der Waals surface area contributed by atoms with Crippen LogP contribution in [0.4, 0.5) is 11.4 Å². The quantitative estimate of drug-likeness (QED) is 0.476. The number of ether oxygens (including phenoxy) is 1. The average molecular weight is 271 g/mol. The van der Waals surface area contributed by atoms with Crippen molar-refractivity contribution in [2.24, 2.45) is 0 Å². The molecular weight excluding hydrogens is 260 g/mol. The molecule has 96 valence electrons. The molecule has 1 aliphatic rings. The lowest BCUT2D eigenvalue weighted by atomic mass is 10.1. The Labute approximate surface area is 108 Å². The third-order valence-corrected chi connectivity index (χ3v) is 2.97. The maximum atomic E-state index is 11.0. The van der Waals surface area contributed by atoms with E-state index < -0.39 is 10.2 Å². The summed E-state index contributed by atoms with van der Waals surface area (Å²) in [6.45, 7) is 2.25. The van der Waals surface area contributed by atoms with Crippen molar-refractivity contribution in [1.29, 1.82) is 0 Å². The van der Waals surface area contributed by atoms with Gasteiger partial charge in [-0.3, -0.25) is 14.9 Å². The van der Waals surface area contributed by atoms with E-state index in [1.165, 1.54) is 12.1 Å². The summed E-state index contributed by atoms with van der Waals surface area (Å²) < 4.78 is 5.20. The van der Waals surface area contributed by atoms with Crippen LogP contribution in [0.5, 0.6) is 0 Å². The number of carbonyl (C=O) groups excluding carboxylic acids is 1. The van der Waals surface area contributed by atoms with Gasteiger partial charge in [0.2, 0.25) is 0 Å². The smallest absolute Gasteiger partial charge is 0.293 e. The summed E-state index contributed by atoms with van der Waals surface area (Å²) in [6, 6.07) is 4.26. The highest BCUT2D eigenvalue weighted by Gasteiger charge is 2.22. The molecule has 0 N–H and O–H groups in total. The molecule has 1 fully saturated rings. The molecule has 6 nitrogen and oxygen atoms in total. The minimum absolute atomic E-state index is 0.108. The number of nitro benzene ring substituents is 1. The van der Waals surface area contributed by atoms with Crippen LogP contribution < -0.4 is 4.90 Å². The van der Waals surface area contributed by atoms with Crippen LogP contribution in [0, 0.1) is 10.1 Å². The van der Waals surface area contributed by atoms with E-state index in [2.05, 4.69) is 0 Å². The van der Waals surface area contributed by atoms with Crippen LogP contribution in [0.3, 0.4) is 0 Å². The molecule has 0 unspecified atom stereocenters. The summed E-state index contributed by atoms with van der Waals surface area (Å²) >= 11 is 5.32. The van der Waals surface area contributed by atoms with Gasteiger partial charge in [0.15, 0.2) is 0 Å². The van der Waals surface area contributed by atoms with E-state index in [4.69, 9.17) is 16.3 Å². The molecule has 0 radical (unpaired) electrons. The molecule has 0 atom stereocenters. The third kappa shape index (κ3) is 2.60. The number of nitro groups is 1. The standard InChI is InChI=1S/C11H11ClN2O4/c12-11(15)8-1-2-9(10(7-8)14(16)17)13-3-5-18-6-4-13/h1-2,7H,3-6H2. The number of carbonyl (C=O) groups is 1. The molecule has 18 heavy (non-hydrogen) atoms. The Morgan fingerprint density at radius 1 is 1.39 bits per heavy atom. The van der Waals surface area contributed by atoms with Crippen LogP contribution in [0.15, 0.2) is 18.2 Å². The first kappa shape index (κ1) is 12.8. The first-order valence-corrected chi connectivity index (χ1v) is 5.78. The van der Waals surface area contributed by atoms with Crippen molar-refractivity contribution in [2.75, 3.05) is 31.2 Å². The van der Waals surface area contributed by atoms with E-state index in [1.54, 1.807) is 6.07 Å². The summed E-state index contributed by atoms with van der Waals surface area (Å²) in [7, 11) is 0. The van der Waals surface area contributed by atoms with Gasteiger partial charge < -0.3 is 9.64 Å². The molecule has 0 saturated carbocycles. The van der Waals surface area contributed by atoms with E-state index in [0.29, 0.717) is 32.0 Å². The molecule has 0 spiro atoms. The van der Waals surface area contributed by atoms with Gasteiger partial charge >= 0.3 is 0 Å². The molecule has 1 aromatic carbocycles. The molecule has 0 aromatic heterocycles. The molecule has 2 rings (SSSR count). The van der Waals surface area contributed by atoms with Crippen LogP contribution in [-0.2, 0) is 4.74 Å². The van der Waals surface area contributed by atoms with Gasteiger partial charge in [-0.2, -0.15) is 0 Å². The number of nitrogens with zero attached hydrogens (tertiary/aromatic N) is 2. The first-order valence-electron chi connectivity index (χ1n) is 5.40. The van der Waals surface area contributed by atoms with Crippen molar-refractivity contribution in [3.05, 3.63) is 33.9 Å². The van der Waals surface area contributed by atoms with Crippen molar-refractivity contribution in [1.82, 2.24) is 0 Å². The van der Waals surface area contributed by atoms with E-state index in [-0.39, 0.29) is 11.3 Å². The van der Waals surface area contributed by atoms with Gasteiger partial charge in [0.25, 0.3) is 10.9 Å². The predicted molar refractivity (Wildman–Crippen MR) is 66.3 cm³/mol. The van der Waals surface area contributed by atoms with Crippen LogP contribution >= 0.6 is 11.6 Å². The van der Waals surface area contributed by atoms with Crippen LogP contribution in [0.2, 0.25) is 0 Å². The molecule has 1 heterocycles. The highest BCUT2D eigenvalue weighted by Crippen LogP contribution is 2.30. The van der Waals surface area contributed by atoms with Gasteiger partial charge in [0, 0.05) is 24.7 Å². The number of benzene rings is 1. The van der Waals surface area contributed by atoms with E-state index in [9.17, 15) is 14.9 Å². The van der Waals surface area contributed by atoms with Gasteiger partial charge in [-0.05, 0) is 23.7 Å². The SMILES string of the molecule is O=C(Cl)c1ccc(N2CCOCC2)c([N+](=O)[O-])c1. The Morgan fingerprint density at radius 3 is 2.61 bits per heavy atom. The summed E-state index contributed by atoms with van der Waals surface area (Å²) in [5, 5.41) is 10.3. The lowest BCUT2D eigenvalue weighted by molar-refractivity contribution is -0.384. The van der Waals surface area contributed by atoms with Crippen molar-refractivity contribution < 1.29 is 14.5 Å². The summed E-state index contributed by atoms with van der Waals surface area (Å²) in [4.78, 5) is 23.4. The zero-order chi connectivity index (χ0) is 13.1. The fourth-order valence-corrected chi connectivity index (χ4v) is 1.98. The van der Waals surface area contributed by atoms with Crippen molar-refractivity contribution >= 4 is 28.2 Å². The fourth-order valence-electron chi connectivity index (χ4n) is 1.86. The highest BCUT2D eigenvalue weighted by atomic mass is 35.5. The average Bonchev–Trinajstić information content (AvgIpc) is 2.39. The molecule has 1 aliphatic heterocycles. The lowest BCUT2D eigenvalue weighted by Crippen LogP contribution is -2.36. The summed E-state index contributed by atoms with van der Waals surface area (Å²) in [5.74, 6) is 0. The Hall–Kier alpha value is -1.66. The Kier molecular flexibility index (Phi) is 3.78. The van der Waals surface area contributed by atoms with E-state index in [0.717, 1.165) is 0 Å². The van der Waals surface area contributed by atoms with Crippen LogP contribution in [0.25, 0.3) is 0 Å². The lowest BCUT2D eigenvalue weighted by Gasteiger charge is -2.28. The molecular formula is C11H11ClN2O4. The Morgan fingerprint density at radius 2 is 2.06 bits per heavy atom. The zero-order valence-corrected chi connectivity index (χ0v) is 10.2. The second kappa shape index (κ2) is 5.32. The van der Waals surface area contributed by atoms with Crippen molar-refractivity contribution in [3.63, 3.8) is 0 Å². The van der Waals surface area contributed by atoms with E-state index >= 15 is 0 Å². The summed E-state index contributed by atoms with van der Waals surface area (Å²) in [6.07, 6.45) is 0. The van der Waals surface area contributed by atoms with Crippen molar-refractivity contribution in [3.8, 4) is 0 Å². The number of halogens is 1. The molecule has 7 heteroatoms. The second-order valence-electron chi connectivity index (χ2n) is 3.83. The third-order valence-electron chi connectivity index (χ3n) is 2.75. The highest BCUT2D eigenvalue weighted by molar-refractivity contribution is 6.67. The van der Waals surface area contributed by atoms with Gasteiger partial charge in [-0.25, -0.2) is 0 Å². The summed E-state index contributed by atoms with van der Waals surface area (Å²) in [5.41, 5.74) is 0.508. The normalized spacial score (nSPS) is 15.5. The monoisotopic (exact) mass is 270 g/mol. The van der Waals surface area contributed by atoms with Gasteiger partial charge in [0.05, 0.1) is 18.1 Å².